The largest absolute Gasteiger partial charge is 0.456 e. The lowest BCUT2D eigenvalue weighted by molar-refractivity contribution is 0.668. The lowest BCUT2D eigenvalue weighted by Crippen LogP contribution is -2.19. The minimum absolute atomic E-state index is 0.541. The number of rotatable bonds is 3. The Hall–Kier alpha value is -7.31. The second-order valence-electron chi connectivity index (χ2n) is 13.6. The van der Waals surface area contributed by atoms with Crippen molar-refractivity contribution in [3.05, 3.63) is 158 Å². The third kappa shape index (κ3) is 4.11. The quantitative estimate of drug-likeness (QED) is 0.185. The first-order chi connectivity index (χ1) is 26.2. The van der Waals surface area contributed by atoms with Gasteiger partial charge in [0.25, 0.3) is 0 Å². The summed E-state index contributed by atoms with van der Waals surface area (Å²) >= 11 is 0. The molecule has 11 aromatic rings. The number of fused-ring (bicyclic) bond motifs is 10. The van der Waals surface area contributed by atoms with Crippen molar-refractivity contribution in [2.75, 3.05) is 4.90 Å². The smallest absolute Gasteiger partial charge is 0.238 e. The zero-order valence-electron chi connectivity index (χ0n) is 28.1. The first kappa shape index (κ1) is 28.4. The molecule has 6 heteroatoms. The number of hydrogen-bond donors (Lipinski definition) is 0. The molecule has 0 amide bonds. The van der Waals surface area contributed by atoms with Crippen molar-refractivity contribution in [3.63, 3.8) is 0 Å². The Morgan fingerprint density at radius 2 is 0.962 bits per heavy atom. The molecule has 4 heterocycles. The molecule has 0 aliphatic carbocycles. The van der Waals surface area contributed by atoms with Crippen molar-refractivity contribution in [2.24, 2.45) is 0 Å². The molecule has 8 aromatic carbocycles. The van der Waals surface area contributed by atoms with E-state index in [2.05, 4.69) is 102 Å². The molecule has 1 aliphatic rings. The maximum absolute atomic E-state index is 6.20. The van der Waals surface area contributed by atoms with Gasteiger partial charge in [-0.05, 0) is 70.9 Å². The van der Waals surface area contributed by atoms with Crippen LogP contribution in [0.25, 0.3) is 99.3 Å². The summed E-state index contributed by atoms with van der Waals surface area (Å²) in [5, 5.41) is 8.73. The van der Waals surface area contributed by atoms with Crippen LogP contribution in [0.1, 0.15) is 0 Å². The van der Waals surface area contributed by atoms with Gasteiger partial charge in [0.05, 0.1) is 11.4 Å². The van der Waals surface area contributed by atoms with E-state index < -0.39 is 0 Å². The Labute approximate surface area is 302 Å². The Balaban J connectivity index is 1.17. The highest BCUT2D eigenvalue weighted by atomic mass is 16.3. The van der Waals surface area contributed by atoms with Gasteiger partial charge in [0.1, 0.15) is 22.3 Å². The zero-order chi connectivity index (χ0) is 34.6. The highest BCUT2D eigenvalue weighted by Crippen LogP contribution is 2.53. The minimum Gasteiger partial charge on any atom is -0.456 e. The number of nitrogens with zero attached hydrogens (tertiary/aromatic N) is 4. The molecule has 0 saturated carbocycles. The monoisotopic (exact) mass is 678 g/mol. The molecule has 0 spiro atoms. The molecule has 0 bridgehead atoms. The fourth-order valence-electron chi connectivity index (χ4n) is 8.23. The summed E-state index contributed by atoms with van der Waals surface area (Å²) in [5.74, 6) is 1.68. The molecule has 1 aliphatic heterocycles. The number of anilines is 3. The second kappa shape index (κ2) is 10.6. The van der Waals surface area contributed by atoms with E-state index in [-0.39, 0.29) is 0 Å². The van der Waals surface area contributed by atoms with Crippen LogP contribution in [0.3, 0.4) is 0 Å². The molecule has 0 saturated heterocycles. The average Bonchev–Trinajstić information content (AvgIpc) is 3.78. The summed E-state index contributed by atoms with van der Waals surface area (Å²) in [5.41, 5.74) is 9.48. The van der Waals surface area contributed by atoms with Gasteiger partial charge in [-0.2, -0.15) is 9.97 Å². The Morgan fingerprint density at radius 1 is 0.396 bits per heavy atom. The van der Waals surface area contributed by atoms with Crippen LogP contribution < -0.4 is 4.90 Å². The Bertz CT molecular complexity index is 3180. The zero-order valence-corrected chi connectivity index (χ0v) is 28.1. The predicted molar refractivity (Wildman–Crippen MR) is 214 cm³/mol. The van der Waals surface area contributed by atoms with Crippen molar-refractivity contribution < 1.29 is 8.83 Å². The molecule has 6 nitrogen and oxygen atoms in total. The number of aromatic nitrogens is 3. The summed E-state index contributed by atoms with van der Waals surface area (Å²) in [7, 11) is 0. The first-order valence-electron chi connectivity index (χ1n) is 17.7. The van der Waals surface area contributed by atoms with Gasteiger partial charge in [-0.15, -0.1) is 0 Å². The summed E-state index contributed by atoms with van der Waals surface area (Å²) in [6.07, 6.45) is 0. The van der Waals surface area contributed by atoms with Crippen LogP contribution in [0.4, 0.5) is 17.3 Å². The van der Waals surface area contributed by atoms with Gasteiger partial charge in [-0.3, -0.25) is 4.90 Å². The number of benzene rings is 8. The van der Waals surface area contributed by atoms with E-state index in [1.807, 2.05) is 60.7 Å². The van der Waals surface area contributed by atoms with Crippen LogP contribution in [0, 0.1) is 0 Å². The second-order valence-corrected chi connectivity index (χ2v) is 13.6. The third-order valence-corrected chi connectivity index (χ3v) is 10.6. The lowest BCUT2D eigenvalue weighted by atomic mass is 9.89. The minimum atomic E-state index is 0.541. The molecule has 3 aromatic heterocycles. The van der Waals surface area contributed by atoms with Crippen molar-refractivity contribution in [2.45, 2.75) is 0 Å². The fourth-order valence-corrected chi connectivity index (χ4v) is 8.23. The predicted octanol–water partition coefficient (Wildman–Crippen LogP) is 12.8. The number of para-hydroxylation sites is 2. The summed E-state index contributed by atoms with van der Waals surface area (Å²) in [6, 6.07) is 54.6. The van der Waals surface area contributed by atoms with E-state index in [4.69, 9.17) is 23.8 Å². The first-order valence-corrected chi connectivity index (χ1v) is 17.7. The molecule has 0 fully saturated rings. The number of hydrogen-bond acceptors (Lipinski definition) is 6. The van der Waals surface area contributed by atoms with Crippen LogP contribution in [0.2, 0.25) is 0 Å². The highest BCUT2D eigenvalue weighted by molar-refractivity contribution is 6.18. The topological polar surface area (TPSA) is 68.2 Å². The van der Waals surface area contributed by atoms with Gasteiger partial charge in [0.15, 0.2) is 11.6 Å². The molecule has 0 N–H and O–H groups in total. The van der Waals surface area contributed by atoms with Gasteiger partial charge in [-0.1, -0.05) is 103 Å². The van der Waals surface area contributed by atoms with Crippen molar-refractivity contribution in [1.82, 2.24) is 15.0 Å². The van der Waals surface area contributed by atoms with Crippen LogP contribution in [-0.2, 0) is 0 Å². The number of furan rings is 2. The average molecular weight is 679 g/mol. The van der Waals surface area contributed by atoms with Crippen LogP contribution in [0.5, 0.6) is 0 Å². The molecule has 12 rings (SSSR count). The van der Waals surface area contributed by atoms with Crippen molar-refractivity contribution in [1.29, 1.82) is 0 Å². The summed E-state index contributed by atoms with van der Waals surface area (Å²) in [6.45, 7) is 0. The van der Waals surface area contributed by atoms with Gasteiger partial charge in [-0.25, -0.2) is 4.98 Å². The maximum Gasteiger partial charge on any atom is 0.238 e. The molecule has 0 radical (unpaired) electrons. The third-order valence-electron chi connectivity index (χ3n) is 10.6. The van der Waals surface area contributed by atoms with Crippen LogP contribution >= 0.6 is 0 Å². The molecular formula is C47H26N4O2. The van der Waals surface area contributed by atoms with Crippen LogP contribution in [-0.4, -0.2) is 15.0 Å². The van der Waals surface area contributed by atoms with E-state index >= 15 is 0 Å². The van der Waals surface area contributed by atoms with E-state index in [0.29, 0.717) is 17.6 Å². The van der Waals surface area contributed by atoms with Crippen LogP contribution in [0.15, 0.2) is 167 Å². The lowest BCUT2D eigenvalue weighted by Gasteiger charge is -2.33. The van der Waals surface area contributed by atoms with Gasteiger partial charge in [0, 0.05) is 49.0 Å². The van der Waals surface area contributed by atoms with E-state index in [1.54, 1.807) is 0 Å². The SMILES string of the molecule is c1ccc2c3c(ccc2c1)-c1cccc2cccc(c12)N3c1nc(-c2ccc3oc4ccccc4c3c2)nc(-c2ccc3oc4ccccc4c3c2)n1. The van der Waals surface area contributed by atoms with Crippen molar-refractivity contribution >= 4 is 82.7 Å². The molecule has 246 valence electrons. The fraction of sp³-hybridized carbons (Fsp3) is 0. The van der Waals surface area contributed by atoms with E-state index in [1.165, 1.54) is 10.9 Å². The summed E-state index contributed by atoms with van der Waals surface area (Å²) < 4.78 is 12.4. The van der Waals surface area contributed by atoms with E-state index in [9.17, 15) is 0 Å². The molecule has 53 heavy (non-hydrogen) atoms. The van der Waals surface area contributed by atoms with Crippen molar-refractivity contribution in [3.8, 4) is 33.9 Å². The van der Waals surface area contributed by atoms with Gasteiger partial charge in [0.2, 0.25) is 5.95 Å². The van der Waals surface area contributed by atoms with Gasteiger partial charge < -0.3 is 8.83 Å². The maximum atomic E-state index is 6.20. The molecule has 0 unspecified atom stereocenters. The summed E-state index contributed by atoms with van der Waals surface area (Å²) in [4.78, 5) is 18.1. The Morgan fingerprint density at radius 3 is 1.64 bits per heavy atom. The Kier molecular flexibility index (Phi) is 5.68. The van der Waals surface area contributed by atoms with Gasteiger partial charge >= 0.3 is 0 Å². The molecular weight excluding hydrogens is 653 g/mol. The standard InChI is InChI=1S/C47H26N4O2/c1-2-12-31-27(9-1)19-22-35-34-15-7-10-28-11-8-16-38(43(28)34)51(44(31)35)47-49-45(29-20-23-41-36(25-29)32-13-3-5-17-39(32)52-41)48-46(50-47)30-21-24-42-37(26-30)33-14-4-6-18-40(33)53-42/h1-26H. The van der Waals surface area contributed by atoms with E-state index in [0.717, 1.165) is 88.1 Å². The highest BCUT2D eigenvalue weighted by Gasteiger charge is 2.30. The molecule has 0 atom stereocenters. The normalized spacial score (nSPS) is 12.5.